The Labute approximate surface area is 114 Å². The monoisotopic (exact) mass is 256 g/mol. The Morgan fingerprint density at radius 2 is 1.21 bits per heavy atom. The molecule has 0 saturated heterocycles. The van der Waals surface area contributed by atoms with Crippen molar-refractivity contribution in [2.45, 2.75) is 31.5 Å². The highest BCUT2D eigenvalue weighted by Crippen LogP contribution is 2.38. The lowest BCUT2D eigenvalue weighted by molar-refractivity contribution is -0.00927. The molecule has 0 unspecified atom stereocenters. The maximum Gasteiger partial charge on any atom is 0.0885 e. The summed E-state index contributed by atoms with van der Waals surface area (Å²) in [6, 6.07) is 19.1. The van der Waals surface area contributed by atoms with E-state index >= 15 is 0 Å². The molecule has 2 rings (SSSR count). The predicted octanol–water partition coefficient (Wildman–Crippen LogP) is 3.27. The summed E-state index contributed by atoms with van der Waals surface area (Å²) in [5.41, 5.74) is 0.751. The van der Waals surface area contributed by atoms with Gasteiger partial charge in [0.15, 0.2) is 0 Å². The fourth-order valence-corrected chi connectivity index (χ4v) is 2.48. The Kier molecular flexibility index (Phi) is 4.03. The lowest BCUT2D eigenvalue weighted by Gasteiger charge is -2.34. The highest BCUT2D eigenvalue weighted by atomic mass is 16.3. The zero-order valence-corrected chi connectivity index (χ0v) is 11.3. The Bertz CT molecular complexity index is 500. The zero-order chi connectivity index (χ0) is 13.9. The maximum atomic E-state index is 10.6. The van der Waals surface area contributed by atoms with E-state index in [1.54, 1.807) is 13.8 Å². The summed E-state index contributed by atoms with van der Waals surface area (Å²) in [5, 5.41) is 21.0. The molecule has 2 heteroatoms. The van der Waals surface area contributed by atoms with Gasteiger partial charge < -0.3 is 10.2 Å². The lowest BCUT2D eigenvalue weighted by atomic mass is 9.78. The molecular formula is C17H20O2. The molecule has 2 aromatic rings. The van der Waals surface area contributed by atoms with Gasteiger partial charge in [-0.05, 0) is 25.0 Å². The van der Waals surface area contributed by atoms with Gasteiger partial charge in [0.2, 0.25) is 0 Å². The largest absolute Gasteiger partial charge is 0.390 e. The molecule has 2 nitrogen and oxygen atoms in total. The van der Waals surface area contributed by atoms with Crippen molar-refractivity contribution in [2.75, 3.05) is 0 Å². The molecular weight excluding hydrogens is 236 g/mol. The van der Waals surface area contributed by atoms with Crippen molar-refractivity contribution in [3.05, 3.63) is 71.8 Å². The molecule has 2 N–H and O–H groups in total. The van der Waals surface area contributed by atoms with Crippen LogP contribution in [-0.4, -0.2) is 15.8 Å². The van der Waals surface area contributed by atoms with Crippen LogP contribution in [0.25, 0.3) is 0 Å². The molecule has 0 aliphatic rings. The first-order chi connectivity index (χ1) is 9.00. The third-order valence-corrected chi connectivity index (χ3v) is 3.38. The first-order valence-corrected chi connectivity index (χ1v) is 6.50. The van der Waals surface area contributed by atoms with E-state index in [4.69, 9.17) is 0 Å². The van der Waals surface area contributed by atoms with Gasteiger partial charge in [-0.15, -0.1) is 0 Å². The standard InChI is InChI=1S/C17H20O2/c1-17(2,19)15(13-9-5-3-6-10-13)16(18)14-11-7-4-8-12-14/h3-12,15-16,18-19H,1-2H3/t15-,16-/m1/s1. The zero-order valence-electron chi connectivity index (χ0n) is 11.3. The molecule has 0 aliphatic carbocycles. The molecule has 0 spiro atoms. The Morgan fingerprint density at radius 1 is 0.789 bits per heavy atom. The average molecular weight is 256 g/mol. The van der Waals surface area contributed by atoms with E-state index in [1.807, 2.05) is 60.7 Å². The minimum absolute atomic E-state index is 0.365. The molecule has 0 radical (unpaired) electrons. The molecule has 0 aromatic heterocycles. The Balaban J connectivity index is 2.40. The van der Waals surface area contributed by atoms with Crippen LogP contribution < -0.4 is 0 Å². The van der Waals surface area contributed by atoms with Gasteiger partial charge in [-0.25, -0.2) is 0 Å². The summed E-state index contributed by atoms with van der Waals surface area (Å²) in [7, 11) is 0. The van der Waals surface area contributed by atoms with Crippen LogP contribution in [0.3, 0.4) is 0 Å². The fraction of sp³-hybridized carbons (Fsp3) is 0.294. The van der Waals surface area contributed by atoms with Gasteiger partial charge in [-0.3, -0.25) is 0 Å². The Morgan fingerprint density at radius 3 is 1.63 bits per heavy atom. The highest BCUT2D eigenvalue weighted by molar-refractivity contribution is 5.29. The normalized spacial score (nSPS) is 14.9. The van der Waals surface area contributed by atoms with Gasteiger partial charge >= 0.3 is 0 Å². The van der Waals surface area contributed by atoms with Gasteiger partial charge in [0.1, 0.15) is 0 Å². The van der Waals surface area contributed by atoms with Crippen molar-refractivity contribution in [1.29, 1.82) is 0 Å². The van der Waals surface area contributed by atoms with E-state index in [0.29, 0.717) is 0 Å². The topological polar surface area (TPSA) is 40.5 Å². The lowest BCUT2D eigenvalue weighted by Crippen LogP contribution is -2.33. The number of aliphatic hydroxyl groups excluding tert-OH is 1. The van der Waals surface area contributed by atoms with Crippen LogP contribution in [0.4, 0.5) is 0 Å². The van der Waals surface area contributed by atoms with Crippen LogP contribution in [0, 0.1) is 0 Å². The van der Waals surface area contributed by atoms with Crippen LogP contribution in [0.5, 0.6) is 0 Å². The minimum atomic E-state index is -1.00. The number of rotatable bonds is 4. The maximum absolute atomic E-state index is 10.6. The van der Waals surface area contributed by atoms with Gasteiger partial charge in [-0.1, -0.05) is 60.7 Å². The number of hydrogen-bond donors (Lipinski definition) is 2. The van der Waals surface area contributed by atoms with E-state index in [0.717, 1.165) is 11.1 Å². The molecule has 2 aromatic carbocycles. The van der Waals surface area contributed by atoms with E-state index in [1.165, 1.54) is 0 Å². The first kappa shape index (κ1) is 13.8. The van der Waals surface area contributed by atoms with E-state index in [9.17, 15) is 10.2 Å². The smallest absolute Gasteiger partial charge is 0.0885 e. The quantitative estimate of drug-likeness (QED) is 0.881. The second-order valence-corrected chi connectivity index (χ2v) is 5.40. The second-order valence-electron chi connectivity index (χ2n) is 5.40. The second kappa shape index (κ2) is 5.55. The molecule has 0 saturated carbocycles. The van der Waals surface area contributed by atoms with Gasteiger partial charge in [0, 0.05) is 5.92 Å². The summed E-state index contributed by atoms with van der Waals surface area (Å²) < 4.78 is 0. The van der Waals surface area contributed by atoms with E-state index in [-0.39, 0.29) is 5.92 Å². The van der Waals surface area contributed by atoms with Crippen LogP contribution in [-0.2, 0) is 0 Å². The van der Waals surface area contributed by atoms with Crippen molar-refractivity contribution in [2.24, 2.45) is 0 Å². The van der Waals surface area contributed by atoms with Crippen molar-refractivity contribution < 1.29 is 10.2 Å². The minimum Gasteiger partial charge on any atom is -0.390 e. The third-order valence-electron chi connectivity index (χ3n) is 3.38. The van der Waals surface area contributed by atoms with Crippen LogP contribution in [0.2, 0.25) is 0 Å². The predicted molar refractivity (Wildman–Crippen MR) is 76.9 cm³/mol. The van der Waals surface area contributed by atoms with Crippen molar-refractivity contribution >= 4 is 0 Å². The molecule has 0 aliphatic heterocycles. The molecule has 100 valence electrons. The van der Waals surface area contributed by atoms with Crippen LogP contribution in [0.1, 0.15) is 37.0 Å². The van der Waals surface area contributed by atoms with Crippen molar-refractivity contribution in [1.82, 2.24) is 0 Å². The molecule has 2 atom stereocenters. The average Bonchev–Trinajstić information content (AvgIpc) is 2.39. The number of benzene rings is 2. The molecule has 0 amide bonds. The van der Waals surface area contributed by atoms with Gasteiger partial charge in [0.05, 0.1) is 11.7 Å². The van der Waals surface area contributed by atoms with Crippen LogP contribution in [0.15, 0.2) is 60.7 Å². The molecule has 0 heterocycles. The van der Waals surface area contributed by atoms with Crippen molar-refractivity contribution in [3.8, 4) is 0 Å². The van der Waals surface area contributed by atoms with Crippen molar-refractivity contribution in [3.63, 3.8) is 0 Å². The SMILES string of the molecule is CC(C)(O)[C@H](c1ccccc1)[C@H](O)c1ccccc1. The third kappa shape index (κ3) is 3.22. The summed E-state index contributed by atoms with van der Waals surface area (Å²) in [6.45, 7) is 3.47. The molecule has 0 fully saturated rings. The summed E-state index contributed by atoms with van der Waals surface area (Å²) in [4.78, 5) is 0. The Hall–Kier alpha value is -1.64. The fourth-order valence-electron chi connectivity index (χ4n) is 2.48. The summed E-state index contributed by atoms with van der Waals surface area (Å²) >= 11 is 0. The number of aliphatic hydroxyl groups is 2. The van der Waals surface area contributed by atoms with E-state index in [2.05, 4.69) is 0 Å². The summed E-state index contributed by atoms with van der Waals surface area (Å²) in [6.07, 6.45) is -0.733. The van der Waals surface area contributed by atoms with Crippen LogP contribution >= 0.6 is 0 Å². The first-order valence-electron chi connectivity index (χ1n) is 6.50. The molecule has 19 heavy (non-hydrogen) atoms. The number of hydrogen-bond acceptors (Lipinski definition) is 2. The summed E-state index contributed by atoms with van der Waals surface area (Å²) in [5.74, 6) is -0.365. The van der Waals surface area contributed by atoms with Gasteiger partial charge in [-0.2, -0.15) is 0 Å². The van der Waals surface area contributed by atoms with E-state index < -0.39 is 11.7 Å². The molecule has 0 bridgehead atoms. The van der Waals surface area contributed by atoms with Gasteiger partial charge in [0.25, 0.3) is 0 Å². The highest BCUT2D eigenvalue weighted by Gasteiger charge is 2.35.